The molecule has 0 bridgehead atoms. The number of hydrogen-bond acceptors (Lipinski definition) is 3. The fourth-order valence-corrected chi connectivity index (χ4v) is 0.993. The Balaban J connectivity index is 2.26. The molecule has 1 N–H and O–H groups in total. The van der Waals surface area contributed by atoms with Crippen molar-refractivity contribution in [3.63, 3.8) is 0 Å². The maximum atomic E-state index is 13.0. The van der Waals surface area contributed by atoms with Crippen LogP contribution in [0.25, 0.3) is 0 Å². The van der Waals surface area contributed by atoms with Crippen LogP contribution in [0.4, 0.5) is 4.39 Å². The summed E-state index contributed by atoms with van der Waals surface area (Å²) in [6.07, 6.45) is 2.76. The molecule has 0 unspecified atom stereocenters. The van der Waals surface area contributed by atoms with Gasteiger partial charge in [0.05, 0.1) is 11.7 Å². The predicted molar refractivity (Wildman–Crippen MR) is 44.8 cm³/mol. The van der Waals surface area contributed by atoms with Crippen LogP contribution in [0.2, 0.25) is 0 Å². The van der Waals surface area contributed by atoms with Gasteiger partial charge in [-0.1, -0.05) is 0 Å². The van der Waals surface area contributed by atoms with E-state index >= 15 is 0 Å². The van der Waals surface area contributed by atoms with Crippen molar-refractivity contribution in [1.82, 2.24) is 4.98 Å². The van der Waals surface area contributed by atoms with Crippen molar-refractivity contribution >= 4 is 5.97 Å². The number of ether oxygens (including phenoxy) is 1. The van der Waals surface area contributed by atoms with Crippen molar-refractivity contribution in [3.05, 3.63) is 23.8 Å². The van der Waals surface area contributed by atoms with Crippen LogP contribution in [-0.2, 0) is 0 Å². The largest absolute Gasteiger partial charge is 0.486 e. The number of aromatic carboxylic acids is 1. The molecule has 14 heavy (non-hydrogen) atoms. The summed E-state index contributed by atoms with van der Waals surface area (Å²) in [4.78, 5) is 13.9. The molecule has 1 heterocycles. The molecule has 0 spiro atoms. The van der Waals surface area contributed by atoms with Crippen LogP contribution in [0.3, 0.4) is 0 Å². The lowest BCUT2D eigenvalue weighted by molar-refractivity contribution is 0.0695. The van der Waals surface area contributed by atoms with Crippen LogP contribution in [0.1, 0.15) is 23.2 Å². The third kappa shape index (κ3) is 1.81. The highest BCUT2D eigenvalue weighted by molar-refractivity contribution is 5.87. The SMILES string of the molecule is O=C(O)c1cnc(F)c(OC2CC2)c1. The smallest absolute Gasteiger partial charge is 0.337 e. The van der Waals surface area contributed by atoms with Crippen molar-refractivity contribution < 1.29 is 19.0 Å². The summed E-state index contributed by atoms with van der Waals surface area (Å²) in [6, 6.07) is 1.16. The monoisotopic (exact) mass is 197 g/mol. The molecule has 0 radical (unpaired) electrons. The summed E-state index contributed by atoms with van der Waals surface area (Å²) >= 11 is 0. The quantitative estimate of drug-likeness (QED) is 0.745. The molecule has 1 saturated carbocycles. The number of carboxylic acid groups (broad SMARTS) is 1. The van der Waals surface area contributed by atoms with Gasteiger partial charge in [0.15, 0.2) is 5.75 Å². The number of nitrogens with zero attached hydrogens (tertiary/aromatic N) is 1. The van der Waals surface area contributed by atoms with E-state index in [9.17, 15) is 9.18 Å². The van der Waals surface area contributed by atoms with Crippen LogP contribution in [0.15, 0.2) is 12.3 Å². The first-order valence-electron chi connectivity index (χ1n) is 4.22. The Morgan fingerprint density at radius 1 is 1.64 bits per heavy atom. The number of hydrogen-bond donors (Lipinski definition) is 1. The molecule has 0 aromatic carbocycles. The number of aromatic nitrogens is 1. The maximum absolute atomic E-state index is 13.0. The second kappa shape index (κ2) is 3.25. The van der Waals surface area contributed by atoms with Crippen LogP contribution < -0.4 is 4.74 Å². The molecule has 1 aromatic rings. The van der Waals surface area contributed by atoms with Crippen molar-refractivity contribution in [2.24, 2.45) is 0 Å². The Morgan fingerprint density at radius 2 is 2.36 bits per heavy atom. The van der Waals surface area contributed by atoms with Gasteiger partial charge in [0.1, 0.15) is 0 Å². The Bertz CT molecular complexity index is 376. The standard InChI is InChI=1S/C9H8FNO3/c10-8-7(14-6-1-2-6)3-5(4-11-8)9(12)13/h3-4,6H,1-2H2,(H,12,13). The normalized spacial score (nSPS) is 15.2. The van der Waals surface area contributed by atoms with Gasteiger partial charge < -0.3 is 9.84 Å². The third-order valence-corrected chi connectivity index (χ3v) is 1.87. The molecular formula is C9H8FNO3. The average molecular weight is 197 g/mol. The minimum atomic E-state index is -1.14. The van der Waals surface area contributed by atoms with Crippen molar-refractivity contribution in [2.75, 3.05) is 0 Å². The molecule has 0 aliphatic heterocycles. The number of pyridine rings is 1. The van der Waals surface area contributed by atoms with E-state index < -0.39 is 11.9 Å². The molecular weight excluding hydrogens is 189 g/mol. The molecule has 4 nitrogen and oxygen atoms in total. The molecule has 0 atom stereocenters. The van der Waals surface area contributed by atoms with Gasteiger partial charge in [-0.05, 0) is 12.8 Å². The van der Waals surface area contributed by atoms with Crippen LogP contribution in [0, 0.1) is 5.95 Å². The van der Waals surface area contributed by atoms with E-state index in [4.69, 9.17) is 9.84 Å². The molecule has 1 aliphatic carbocycles. The summed E-state index contributed by atoms with van der Waals surface area (Å²) in [5.74, 6) is -1.98. The van der Waals surface area contributed by atoms with Gasteiger partial charge in [0, 0.05) is 12.3 Å². The number of carbonyl (C=O) groups is 1. The topological polar surface area (TPSA) is 59.4 Å². The van der Waals surface area contributed by atoms with Gasteiger partial charge in [0.25, 0.3) is 5.95 Å². The van der Waals surface area contributed by atoms with Crippen LogP contribution in [-0.4, -0.2) is 22.2 Å². The third-order valence-electron chi connectivity index (χ3n) is 1.87. The lowest BCUT2D eigenvalue weighted by atomic mass is 10.3. The second-order valence-corrected chi connectivity index (χ2v) is 3.14. The summed E-state index contributed by atoms with van der Waals surface area (Å²) in [5.41, 5.74) is -0.0675. The van der Waals surface area contributed by atoms with Crippen molar-refractivity contribution in [2.45, 2.75) is 18.9 Å². The predicted octanol–water partition coefficient (Wildman–Crippen LogP) is 1.46. The lowest BCUT2D eigenvalue weighted by Crippen LogP contribution is -2.04. The first kappa shape index (κ1) is 8.93. The zero-order valence-corrected chi connectivity index (χ0v) is 7.24. The minimum Gasteiger partial charge on any atom is -0.486 e. The summed E-state index contributed by atoms with van der Waals surface area (Å²) in [5, 5.41) is 8.63. The van der Waals surface area contributed by atoms with Crippen molar-refractivity contribution in [3.8, 4) is 5.75 Å². The molecule has 1 aromatic heterocycles. The van der Waals surface area contributed by atoms with E-state index in [0.29, 0.717) is 0 Å². The first-order chi connectivity index (χ1) is 6.66. The van der Waals surface area contributed by atoms with E-state index in [1.807, 2.05) is 0 Å². The van der Waals surface area contributed by atoms with Crippen LogP contribution >= 0.6 is 0 Å². The van der Waals surface area contributed by atoms with Gasteiger partial charge in [-0.15, -0.1) is 0 Å². The fourth-order valence-electron chi connectivity index (χ4n) is 0.993. The fraction of sp³-hybridized carbons (Fsp3) is 0.333. The first-order valence-corrected chi connectivity index (χ1v) is 4.22. The van der Waals surface area contributed by atoms with Gasteiger partial charge in [0.2, 0.25) is 0 Å². The van der Waals surface area contributed by atoms with Crippen LogP contribution in [0.5, 0.6) is 5.75 Å². The second-order valence-electron chi connectivity index (χ2n) is 3.14. The van der Waals surface area contributed by atoms with Gasteiger partial charge in [-0.25, -0.2) is 9.78 Å². The van der Waals surface area contributed by atoms with Crippen molar-refractivity contribution in [1.29, 1.82) is 0 Å². The number of halogens is 1. The average Bonchev–Trinajstić information content (AvgIpc) is 2.92. The Morgan fingerprint density at radius 3 is 2.93 bits per heavy atom. The highest BCUT2D eigenvalue weighted by Crippen LogP contribution is 2.28. The highest BCUT2D eigenvalue weighted by Gasteiger charge is 2.25. The molecule has 5 heteroatoms. The minimum absolute atomic E-state index is 0.0235. The van der Waals surface area contributed by atoms with Gasteiger partial charge >= 0.3 is 5.97 Å². The van der Waals surface area contributed by atoms with E-state index in [2.05, 4.69) is 4.98 Å². The lowest BCUT2D eigenvalue weighted by Gasteiger charge is -2.04. The van der Waals surface area contributed by atoms with E-state index in [0.717, 1.165) is 25.1 Å². The Hall–Kier alpha value is -1.65. The molecule has 1 aliphatic rings. The molecule has 74 valence electrons. The zero-order valence-electron chi connectivity index (χ0n) is 7.24. The van der Waals surface area contributed by atoms with E-state index in [-0.39, 0.29) is 17.4 Å². The molecule has 1 fully saturated rings. The highest BCUT2D eigenvalue weighted by atomic mass is 19.1. The number of rotatable bonds is 3. The summed E-state index contributed by atoms with van der Waals surface area (Å²) in [6.45, 7) is 0. The van der Waals surface area contributed by atoms with E-state index in [1.165, 1.54) is 0 Å². The van der Waals surface area contributed by atoms with E-state index in [1.54, 1.807) is 0 Å². The van der Waals surface area contributed by atoms with Gasteiger partial charge in [-0.2, -0.15) is 4.39 Å². The molecule has 0 saturated heterocycles. The molecule has 2 rings (SSSR count). The van der Waals surface area contributed by atoms with Gasteiger partial charge in [-0.3, -0.25) is 0 Å². The Labute approximate surface area is 79.3 Å². The maximum Gasteiger partial charge on any atom is 0.337 e. The number of carboxylic acids is 1. The summed E-state index contributed by atoms with van der Waals surface area (Å²) in [7, 11) is 0. The summed E-state index contributed by atoms with van der Waals surface area (Å²) < 4.78 is 18.1. The Kier molecular flexibility index (Phi) is 2.07. The zero-order chi connectivity index (χ0) is 10.1. The molecule has 0 amide bonds.